The summed E-state index contributed by atoms with van der Waals surface area (Å²) in [6, 6.07) is 14.0. The van der Waals surface area contributed by atoms with Gasteiger partial charge in [0.2, 0.25) is 0 Å². The number of fused-ring (bicyclic) bond motifs is 2. The lowest BCUT2D eigenvalue weighted by Gasteiger charge is -2.27. The van der Waals surface area contributed by atoms with Gasteiger partial charge in [-0.15, -0.1) is 0 Å². The standard InChI is InChI=1S/C24H20N4O3/c1-2-5-20(29)21-22(16-10-11-25-17-7-4-3-6-15(16)17)28(24(31)23(21)30)14-8-9-18-19(12-14)27-13-26-18/h3-4,6-13,22,30H,2,5H2,1H3,(H,26,27). The molecule has 5 rings (SSSR count). The van der Waals surface area contributed by atoms with Crippen molar-refractivity contribution in [3.05, 3.63) is 78.0 Å². The molecule has 0 radical (unpaired) electrons. The number of aliphatic hydroxyl groups is 1. The Morgan fingerprint density at radius 3 is 2.81 bits per heavy atom. The number of Topliss-reactive ketones (excluding diaryl/α,β-unsaturated/α-hetero) is 1. The van der Waals surface area contributed by atoms with Crippen molar-refractivity contribution in [1.29, 1.82) is 0 Å². The van der Waals surface area contributed by atoms with Crippen LogP contribution in [0.3, 0.4) is 0 Å². The van der Waals surface area contributed by atoms with Gasteiger partial charge < -0.3 is 10.1 Å². The number of rotatable bonds is 5. The maximum Gasteiger partial charge on any atom is 0.294 e. The number of carbonyl (C=O) groups is 2. The molecular weight excluding hydrogens is 392 g/mol. The van der Waals surface area contributed by atoms with Crippen molar-refractivity contribution in [3.8, 4) is 0 Å². The summed E-state index contributed by atoms with van der Waals surface area (Å²) < 4.78 is 0. The van der Waals surface area contributed by atoms with Crippen LogP contribution in [0.2, 0.25) is 0 Å². The van der Waals surface area contributed by atoms with Crippen molar-refractivity contribution in [3.63, 3.8) is 0 Å². The van der Waals surface area contributed by atoms with Gasteiger partial charge in [0.25, 0.3) is 5.91 Å². The summed E-state index contributed by atoms with van der Waals surface area (Å²) in [6.07, 6.45) is 4.11. The fourth-order valence-corrected chi connectivity index (χ4v) is 4.24. The molecule has 1 amide bonds. The number of para-hydroxylation sites is 1. The van der Waals surface area contributed by atoms with Crippen LogP contribution in [0, 0.1) is 0 Å². The van der Waals surface area contributed by atoms with Crippen molar-refractivity contribution in [1.82, 2.24) is 15.0 Å². The topological polar surface area (TPSA) is 99.2 Å². The molecule has 1 aliphatic rings. The van der Waals surface area contributed by atoms with Crippen molar-refractivity contribution >= 4 is 39.3 Å². The van der Waals surface area contributed by atoms with E-state index in [0.29, 0.717) is 17.6 Å². The van der Waals surface area contributed by atoms with E-state index in [0.717, 1.165) is 22.0 Å². The first-order valence-corrected chi connectivity index (χ1v) is 10.2. The summed E-state index contributed by atoms with van der Waals surface area (Å²) in [5.41, 5.74) is 3.71. The van der Waals surface area contributed by atoms with Crippen LogP contribution < -0.4 is 4.90 Å². The molecule has 7 nitrogen and oxygen atoms in total. The van der Waals surface area contributed by atoms with Crippen LogP contribution in [0.1, 0.15) is 31.4 Å². The highest BCUT2D eigenvalue weighted by Crippen LogP contribution is 2.43. The fraction of sp³-hybridized carbons (Fsp3) is 0.167. The van der Waals surface area contributed by atoms with Crippen molar-refractivity contribution in [2.24, 2.45) is 0 Å². The van der Waals surface area contributed by atoms with Crippen LogP contribution in [-0.2, 0) is 9.59 Å². The summed E-state index contributed by atoms with van der Waals surface area (Å²) >= 11 is 0. The van der Waals surface area contributed by atoms with E-state index in [4.69, 9.17) is 0 Å². The predicted molar refractivity (Wildman–Crippen MR) is 118 cm³/mol. The van der Waals surface area contributed by atoms with E-state index >= 15 is 0 Å². The van der Waals surface area contributed by atoms with E-state index in [1.165, 1.54) is 4.90 Å². The third kappa shape index (κ3) is 2.97. The molecular formula is C24H20N4O3. The molecule has 1 unspecified atom stereocenters. The number of imidazole rings is 1. The molecule has 154 valence electrons. The van der Waals surface area contributed by atoms with E-state index in [-0.39, 0.29) is 17.8 Å². The number of hydrogen-bond acceptors (Lipinski definition) is 5. The molecule has 0 saturated heterocycles. The first-order chi connectivity index (χ1) is 15.1. The number of aliphatic hydroxyl groups excluding tert-OH is 1. The quantitative estimate of drug-likeness (QED) is 0.507. The lowest BCUT2D eigenvalue weighted by atomic mass is 9.92. The summed E-state index contributed by atoms with van der Waals surface area (Å²) in [7, 11) is 0. The zero-order valence-electron chi connectivity index (χ0n) is 16.9. The molecule has 0 spiro atoms. The number of hydrogen-bond donors (Lipinski definition) is 2. The Hall–Kier alpha value is -4.00. The minimum Gasteiger partial charge on any atom is -0.503 e. The second kappa shape index (κ2) is 7.36. The lowest BCUT2D eigenvalue weighted by molar-refractivity contribution is -0.118. The number of pyridine rings is 1. The number of carbonyl (C=O) groups excluding carboxylic acids is 2. The average molecular weight is 412 g/mol. The SMILES string of the molecule is CCCC(=O)C1=C(O)C(=O)N(c2ccc3[nH]cnc3c2)C1c1ccnc2ccccc12. The molecule has 0 aliphatic carbocycles. The second-order valence-corrected chi connectivity index (χ2v) is 7.53. The predicted octanol–water partition coefficient (Wildman–Crippen LogP) is 4.38. The summed E-state index contributed by atoms with van der Waals surface area (Å²) in [4.78, 5) is 39.5. The number of amides is 1. The van der Waals surface area contributed by atoms with Crippen LogP contribution in [0.5, 0.6) is 0 Å². The van der Waals surface area contributed by atoms with Gasteiger partial charge in [0.15, 0.2) is 11.5 Å². The summed E-state index contributed by atoms with van der Waals surface area (Å²) in [5, 5.41) is 11.6. The van der Waals surface area contributed by atoms with E-state index in [1.54, 1.807) is 30.7 Å². The van der Waals surface area contributed by atoms with Gasteiger partial charge in [-0.2, -0.15) is 0 Å². The number of aromatic amines is 1. The molecule has 2 aromatic heterocycles. The monoisotopic (exact) mass is 412 g/mol. The molecule has 2 N–H and O–H groups in total. The van der Waals surface area contributed by atoms with Crippen LogP contribution >= 0.6 is 0 Å². The molecule has 7 heteroatoms. The zero-order chi connectivity index (χ0) is 21.5. The highest BCUT2D eigenvalue weighted by Gasteiger charge is 2.44. The largest absolute Gasteiger partial charge is 0.503 e. The number of anilines is 1. The molecule has 0 saturated carbocycles. The Morgan fingerprint density at radius 1 is 1.13 bits per heavy atom. The minimum absolute atomic E-state index is 0.130. The first-order valence-electron chi connectivity index (χ1n) is 10.2. The van der Waals surface area contributed by atoms with Crippen LogP contribution in [-0.4, -0.2) is 31.7 Å². The van der Waals surface area contributed by atoms with E-state index in [9.17, 15) is 14.7 Å². The smallest absolute Gasteiger partial charge is 0.294 e. The Balaban J connectivity index is 1.75. The van der Waals surface area contributed by atoms with Gasteiger partial charge in [0.05, 0.1) is 34.5 Å². The number of aromatic nitrogens is 3. The number of benzene rings is 2. The zero-order valence-corrected chi connectivity index (χ0v) is 16.9. The van der Waals surface area contributed by atoms with Gasteiger partial charge in [0.1, 0.15) is 0 Å². The fourth-order valence-electron chi connectivity index (χ4n) is 4.24. The van der Waals surface area contributed by atoms with E-state index in [1.807, 2.05) is 37.3 Å². The van der Waals surface area contributed by atoms with Crippen LogP contribution in [0.4, 0.5) is 5.69 Å². The lowest BCUT2D eigenvalue weighted by Crippen LogP contribution is -2.31. The highest BCUT2D eigenvalue weighted by molar-refractivity contribution is 6.17. The Kier molecular flexibility index (Phi) is 4.51. The molecule has 0 fully saturated rings. The molecule has 0 bridgehead atoms. The summed E-state index contributed by atoms with van der Waals surface area (Å²) in [5.74, 6) is -1.32. The number of ketones is 1. The average Bonchev–Trinajstić information content (AvgIpc) is 3.35. The van der Waals surface area contributed by atoms with Crippen molar-refractivity contribution < 1.29 is 14.7 Å². The van der Waals surface area contributed by atoms with Gasteiger partial charge in [-0.3, -0.25) is 19.5 Å². The first kappa shape index (κ1) is 19.0. The number of H-pyrrole nitrogens is 1. The Morgan fingerprint density at radius 2 is 1.97 bits per heavy atom. The van der Waals surface area contributed by atoms with Crippen LogP contribution in [0.15, 0.2) is 72.4 Å². The van der Waals surface area contributed by atoms with Gasteiger partial charge in [-0.25, -0.2) is 4.98 Å². The molecule has 2 aromatic carbocycles. The van der Waals surface area contributed by atoms with E-state index < -0.39 is 17.7 Å². The van der Waals surface area contributed by atoms with Gasteiger partial charge >= 0.3 is 0 Å². The van der Waals surface area contributed by atoms with Crippen molar-refractivity contribution in [2.75, 3.05) is 4.90 Å². The number of nitrogens with zero attached hydrogens (tertiary/aromatic N) is 3. The second-order valence-electron chi connectivity index (χ2n) is 7.53. The van der Waals surface area contributed by atoms with Crippen LogP contribution in [0.25, 0.3) is 21.9 Å². The highest BCUT2D eigenvalue weighted by atomic mass is 16.3. The molecule has 1 atom stereocenters. The van der Waals surface area contributed by atoms with Gasteiger partial charge in [-0.1, -0.05) is 25.1 Å². The molecule has 1 aliphatic heterocycles. The van der Waals surface area contributed by atoms with Gasteiger partial charge in [-0.05, 0) is 42.3 Å². The van der Waals surface area contributed by atoms with Crippen molar-refractivity contribution in [2.45, 2.75) is 25.8 Å². The molecule has 31 heavy (non-hydrogen) atoms. The molecule has 4 aromatic rings. The van der Waals surface area contributed by atoms with Gasteiger partial charge in [0, 0.05) is 23.7 Å². The maximum atomic E-state index is 13.2. The normalized spacial score (nSPS) is 16.6. The number of nitrogens with one attached hydrogen (secondary N) is 1. The van der Waals surface area contributed by atoms with E-state index in [2.05, 4.69) is 15.0 Å². The Bertz CT molecular complexity index is 1370. The minimum atomic E-state index is -0.754. The Labute approximate surface area is 178 Å². The molecule has 3 heterocycles. The third-order valence-electron chi connectivity index (χ3n) is 5.65. The third-order valence-corrected chi connectivity index (χ3v) is 5.65. The summed E-state index contributed by atoms with van der Waals surface area (Å²) in [6.45, 7) is 1.90. The maximum absolute atomic E-state index is 13.2.